The van der Waals surface area contributed by atoms with E-state index >= 15 is 0 Å². The normalized spacial score (nSPS) is 24.1. The highest BCUT2D eigenvalue weighted by molar-refractivity contribution is 5.83. The van der Waals surface area contributed by atoms with Gasteiger partial charge in [-0.25, -0.2) is 0 Å². The molecule has 0 amide bonds. The summed E-state index contributed by atoms with van der Waals surface area (Å²) in [6, 6.07) is 0. The van der Waals surface area contributed by atoms with E-state index in [1.807, 2.05) is 0 Å². The van der Waals surface area contributed by atoms with Crippen molar-refractivity contribution in [2.75, 3.05) is 0 Å². The molecular formula is C10H16O. The van der Waals surface area contributed by atoms with Gasteiger partial charge in [-0.15, -0.1) is 0 Å². The van der Waals surface area contributed by atoms with Crippen LogP contribution in [0.5, 0.6) is 0 Å². The molecule has 1 rings (SSSR count). The predicted molar refractivity (Wildman–Crippen MR) is 46.4 cm³/mol. The van der Waals surface area contributed by atoms with Gasteiger partial charge < -0.3 is 0 Å². The summed E-state index contributed by atoms with van der Waals surface area (Å²) < 4.78 is 0. The number of ketones is 1. The van der Waals surface area contributed by atoms with Gasteiger partial charge in [-0.2, -0.15) is 0 Å². The van der Waals surface area contributed by atoms with Crippen molar-refractivity contribution < 1.29 is 4.79 Å². The quantitative estimate of drug-likeness (QED) is 0.568. The number of carbonyl (C=O) groups is 1. The summed E-state index contributed by atoms with van der Waals surface area (Å²) in [5, 5.41) is 0. The fourth-order valence-corrected chi connectivity index (χ4v) is 1.46. The predicted octanol–water partition coefficient (Wildman–Crippen LogP) is 2.71. The molecule has 0 saturated heterocycles. The molecule has 1 heteroatoms. The molecule has 0 N–H and O–H groups in total. The Kier molecular flexibility index (Phi) is 3.34. The van der Waals surface area contributed by atoms with E-state index in [-0.39, 0.29) is 5.92 Å². The van der Waals surface area contributed by atoms with Crippen LogP contribution in [0.15, 0.2) is 12.2 Å². The van der Waals surface area contributed by atoms with Gasteiger partial charge in [-0.1, -0.05) is 31.9 Å². The second kappa shape index (κ2) is 4.32. The standard InChI is InChI=1S/C10H16O/c1-2-3-6-9-7-4-5-8-10(9)11/h4,7,9H,2-3,5-6,8H2,1H3. The van der Waals surface area contributed by atoms with Crippen LogP contribution in [-0.2, 0) is 4.79 Å². The van der Waals surface area contributed by atoms with Crippen LogP contribution in [0.25, 0.3) is 0 Å². The molecule has 1 nitrogen and oxygen atoms in total. The van der Waals surface area contributed by atoms with Gasteiger partial charge in [0.2, 0.25) is 0 Å². The average molecular weight is 152 g/mol. The van der Waals surface area contributed by atoms with Crippen LogP contribution < -0.4 is 0 Å². The summed E-state index contributed by atoms with van der Waals surface area (Å²) in [5.41, 5.74) is 0. The Balaban J connectivity index is 2.35. The van der Waals surface area contributed by atoms with Crippen molar-refractivity contribution >= 4 is 5.78 Å². The molecule has 0 aromatic rings. The Hall–Kier alpha value is -0.590. The van der Waals surface area contributed by atoms with E-state index in [0.717, 1.165) is 19.3 Å². The highest BCUT2D eigenvalue weighted by Crippen LogP contribution is 2.18. The minimum Gasteiger partial charge on any atom is -0.299 e. The lowest BCUT2D eigenvalue weighted by Gasteiger charge is -2.13. The third kappa shape index (κ3) is 2.49. The third-order valence-corrected chi connectivity index (χ3v) is 2.21. The Labute approximate surface area is 68.5 Å². The summed E-state index contributed by atoms with van der Waals surface area (Å²) >= 11 is 0. The molecule has 0 spiro atoms. The first kappa shape index (κ1) is 8.51. The van der Waals surface area contributed by atoms with E-state index in [9.17, 15) is 4.79 Å². The van der Waals surface area contributed by atoms with E-state index in [1.54, 1.807) is 0 Å². The number of unbranched alkanes of at least 4 members (excludes halogenated alkanes) is 1. The maximum absolute atomic E-state index is 11.2. The van der Waals surface area contributed by atoms with Crippen molar-refractivity contribution in [3.63, 3.8) is 0 Å². The van der Waals surface area contributed by atoms with Gasteiger partial charge in [0.05, 0.1) is 0 Å². The molecule has 0 heterocycles. The van der Waals surface area contributed by atoms with Crippen molar-refractivity contribution in [2.24, 2.45) is 5.92 Å². The second-order valence-electron chi connectivity index (χ2n) is 3.18. The zero-order chi connectivity index (χ0) is 8.10. The molecule has 1 aliphatic carbocycles. The minimum absolute atomic E-state index is 0.253. The molecule has 0 aromatic heterocycles. The summed E-state index contributed by atoms with van der Waals surface area (Å²) in [6.07, 6.45) is 9.39. The number of allylic oxidation sites excluding steroid dienone is 2. The van der Waals surface area contributed by atoms with Gasteiger partial charge in [0.1, 0.15) is 5.78 Å². The first-order chi connectivity index (χ1) is 5.34. The van der Waals surface area contributed by atoms with Crippen molar-refractivity contribution in [1.82, 2.24) is 0 Å². The molecule has 0 fully saturated rings. The van der Waals surface area contributed by atoms with Gasteiger partial charge in [-0.3, -0.25) is 4.79 Å². The lowest BCUT2D eigenvalue weighted by Crippen LogP contribution is -2.14. The Morgan fingerprint density at radius 3 is 3.09 bits per heavy atom. The number of hydrogen-bond donors (Lipinski definition) is 0. The molecule has 0 bridgehead atoms. The van der Waals surface area contributed by atoms with Crippen molar-refractivity contribution in [2.45, 2.75) is 39.0 Å². The topological polar surface area (TPSA) is 17.1 Å². The Morgan fingerprint density at radius 2 is 2.45 bits per heavy atom. The summed E-state index contributed by atoms with van der Waals surface area (Å²) in [6.45, 7) is 2.16. The van der Waals surface area contributed by atoms with Gasteiger partial charge in [-0.05, 0) is 12.8 Å². The largest absolute Gasteiger partial charge is 0.299 e. The number of carbonyl (C=O) groups excluding carboxylic acids is 1. The van der Waals surface area contributed by atoms with Crippen LogP contribution in [-0.4, -0.2) is 5.78 Å². The van der Waals surface area contributed by atoms with Gasteiger partial charge in [0.25, 0.3) is 0 Å². The first-order valence-electron chi connectivity index (χ1n) is 4.54. The molecule has 62 valence electrons. The Morgan fingerprint density at radius 1 is 1.64 bits per heavy atom. The first-order valence-corrected chi connectivity index (χ1v) is 4.54. The zero-order valence-electron chi connectivity index (χ0n) is 7.18. The maximum atomic E-state index is 11.2. The van der Waals surface area contributed by atoms with E-state index in [1.165, 1.54) is 12.8 Å². The Bertz CT molecular complexity index is 158. The smallest absolute Gasteiger partial charge is 0.140 e. The van der Waals surface area contributed by atoms with Crippen molar-refractivity contribution in [3.8, 4) is 0 Å². The molecule has 1 atom stereocenters. The minimum atomic E-state index is 0.253. The number of rotatable bonds is 3. The fraction of sp³-hybridized carbons (Fsp3) is 0.700. The maximum Gasteiger partial charge on any atom is 0.140 e. The molecule has 1 unspecified atom stereocenters. The number of hydrogen-bond acceptors (Lipinski definition) is 1. The van der Waals surface area contributed by atoms with Crippen LogP contribution in [0.3, 0.4) is 0 Å². The summed E-state index contributed by atoms with van der Waals surface area (Å²) in [5.74, 6) is 0.699. The molecule has 1 aliphatic rings. The van der Waals surface area contributed by atoms with E-state index in [4.69, 9.17) is 0 Å². The van der Waals surface area contributed by atoms with Gasteiger partial charge >= 0.3 is 0 Å². The van der Waals surface area contributed by atoms with Crippen molar-refractivity contribution in [3.05, 3.63) is 12.2 Å². The van der Waals surface area contributed by atoms with Crippen LogP contribution in [0.2, 0.25) is 0 Å². The molecule has 0 radical (unpaired) electrons. The number of Topliss-reactive ketones (excluding diaryl/α,β-unsaturated/α-hetero) is 1. The SMILES string of the molecule is CCCCC1C=CCCC1=O. The molecule has 0 aliphatic heterocycles. The highest BCUT2D eigenvalue weighted by atomic mass is 16.1. The lowest BCUT2D eigenvalue weighted by atomic mass is 9.90. The van der Waals surface area contributed by atoms with E-state index < -0.39 is 0 Å². The molecule has 0 saturated carbocycles. The second-order valence-corrected chi connectivity index (χ2v) is 3.18. The summed E-state index contributed by atoms with van der Waals surface area (Å²) in [4.78, 5) is 11.2. The monoisotopic (exact) mass is 152 g/mol. The van der Waals surface area contributed by atoms with Crippen LogP contribution >= 0.6 is 0 Å². The summed E-state index contributed by atoms with van der Waals surface area (Å²) in [7, 11) is 0. The van der Waals surface area contributed by atoms with Crippen molar-refractivity contribution in [1.29, 1.82) is 0 Å². The third-order valence-electron chi connectivity index (χ3n) is 2.21. The van der Waals surface area contributed by atoms with Crippen LogP contribution in [0.4, 0.5) is 0 Å². The highest BCUT2D eigenvalue weighted by Gasteiger charge is 2.16. The van der Waals surface area contributed by atoms with E-state index in [0.29, 0.717) is 5.78 Å². The van der Waals surface area contributed by atoms with E-state index in [2.05, 4.69) is 19.1 Å². The van der Waals surface area contributed by atoms with Gasteiger partial charge in [0.15, 0.2) is 0 Å². The zero-order valence-corrected chi connectivity index (χ0v) is 7.18. The molecule has 11 heavy (non-hydrogen) atoms. The molecular weight excluding hydrogens is 136 g/mol. The fourth-order valence-electron chi connectivity index (χ4n) is 1.46. The van der Waals surface area contributed by atoms with Gasteiger partial charge in [0, 0.05) is 12.3 Å². The van der Waals surface area contributed by atoms with Crippen LogP contribution in [0, 0.1) is 5.92 Å². The van der Waals surface area contributed by atoms with Crippen LogP contribution in [0.1, 0.15) is 39.0 Å². The molecule has 0 aromatic carbocycles. The lowest BCUT2D eigenvalue weighted by molar-refractivity contribution is -0.122. The average Bonchev–Trinajstić information content (AvgIpc) is 2.03.